The van der Waals surface area contributed by atoms with E-state index < -0.39 is 26.5 Å². The van der Waals surface area contributed by atoms with Crippen LogP contribution in [0.3, 0.4) is 0 Å². The molecule has 1 saturated carbocycles. The fourth-order valence-electron chi connectivity index (χ4n) is 7.35. The van der Waals surface area contributed by atoms with Crippen LogP contribution in [-0.4, -0.2) is 26.5 Å². The van der Waals surface area contributed by atoms with Crippen molar-refractivity contribution in [1.29, 1.82) is 0 Å². The van der Waals surface area contributed by atoms with E-state index >= 15 is 0 Å². The molecule has 2 aromatic carbocycles. The third-order valence-electron chi connectivity index (χ3n) is 9.84. The van der Waals surface area contributed by atoms with Gasteiger partial charge in [0.2, 0.25) is 0 Å². The molecule has 0 nitrogen and oxygen atoms in total. The Morgan fingerprint density at radius 3 is 1.47 bits per heavy atom. The average Bonchev–Trinajstić information content (AvgIpc) is 3.34. The second-order valence-electron chi connectivity index (χ2n) is 13.3. The zero-order valence-electron chi connectivity index (χ0n) is 25.6. The van der Waals surface area contributed by atoms with Crippen molar-refractivity contribution in [3.8, 4) is 0 Å². The molecule has 0 N–H and O–H groups in total. The first kappa shape index (κ1) is 31.5. The molecular weight excluding hydrogens is 579 g/mol. The van der Waals surface area contributed by atoms with E-state index in [1.165, 1.54) is 75.8 Å². The Bertz CT molecular complexity index is 955. The van der Waals surface area contributed by atoms with Gasteiger partial charge in [0, 0.05) is 0 Å². The Labute approximate surface area is 241 Å². The molecule has 0 radical (unpaired) electrons. The van der Waals surface area contributed by atoms with Gasteiger partial charge in [0.05, 0.1) is 0 Å². The van der Waals surface area contributed by atoms with Crippen molar-refractivity contribution >= 4 is 26.5 Å². The average molecular weight is 636 g/mol. The third-order valence-corrected chi connectivity index (χ3v) is 28.3. The van der Waals surface area contributed by atoms with E-state index in [1.807, 2.05) is 0 Å². The van der Waals surface area contributed by atoms with Crippen LogP contribution in [0.2, 0.25) is 33.0 Å². The van der Waals surface area contributed by atoms with Gasteiger partial charge in [-0.15, -0.1) is 0 Å². The maximum absolute atomic E-state index is 5.20. The summed E-state index contributed by atoms with van der Waals surface area (Å²) in [7, 11) is -1.53. The molecule has 0 saturated heterocycles. The number of hydrogen-bond acceptors (Lipinski definition) is 0. The van der Waals surface area contributed by atoms with E-state index in [-0.39, 0.29) is 5.41 Å². The molecule has 2 atom stereocenters. The molecule has 0 aliphatic heterocycles. The summed E-state index contributed by atoms with van der Waals surface area (Å²) in [5, 5.41) is 1.58. The molecule has 0 heterocycles. The summed E-state index contributed by atoms with van der Waals surface area (Å²) in [6.07, 6.45) is 10.5. The van der Waals surface area contributed by atoms with Crippen molar-refractivity contribution in [3.63, 3.8) is 0 Å². The molecule has 2 aromatic rings. The van der Waals surface area contributed by atoms with E-state index in [0.717, 1.165) is 0 Å². The quantitative estimate of drug-likeness (QED) is 0.171. The fraction of sp³-hybridized carbons (Fsp3) is 0.556. The van der Waals surface area contributed by atoms with Crippen molar-refractivity contribution in [1.82, 2.24) is 0 Å². The maximum atomic E-state index is 5.20. The SMILES string of the molecule is C=C([C@@H]1CC(c2ccccc2)(c2ccccc2)C[C@H]1[C](=C)[Sn]([CH2]CCC)([CH2]CCC)[CH2]CCC)[Si](C)(C)C. The molecule has 0 unspecified atom stereocenters. The van der Waals surface area contributed by atoms with E-state index in [4.69, 9.17) is 13.2 Å². The summed E-state index contributed by atoms with van der Waals surface area (Å²) in [5.41, 5.74) is 3.03. The number of rotatable bonds is 15. The van der Waals surface area contributed by atoms with Crippen LogP contribution >= 0.6 is 0 Å². The first-order valence-corrected chi connectivity index (χ1v) is 26.6. The molecule has 0 aromatic heterocycles. The van der Waals surface area contributed by atoms with Gasteiger partial charge in [-0.25, -0.2) is 0 Å². The van der Waals surface area contributed by atoms with Crippen LogP contribution in [-0.2, 0) is 5.41 Å². The van der Waals surface area contributed by atoms with E-state index in [2.05, 4.69) is 101 Å². The van der Waals surface area contributed by atoms with Crippen molar-refractivity contribution in [2.24, 2.45) is 11.8 Å². The topological polar surface area (TPSA) is 0 Å². The van der Waals surface area contributed by atoms with E-state index in [0.29, 0.717) is 11.8 Å². The Kier molecular flexibility index (Phi) is 11.6. The zero-order valence-corrected chi connectivity index (χ0v) is 29.5. The van der Waals surface area contributed by atoms with Crippen molar-refractivity contribution < 1.29 is 0 Å². The Morgan fingerprint density at radius 1 is 0.711 bits per heavy atom. The number of benzene rings is 2. The number of hydrogen-bond donors (Lipinski definition) is 0. The predicted molar refractivity (Wildman–Crippen MR) is 176 cm³/mol. The van der Waals surface area contributed by atoms with Crippen LogP contribution in [0.15, 0.2) is 82.6 Å². The van der Waals surface area contributed by atoms with Gasteiger partial charge < -0.3 is 0 Å². The van der Waals surface area contributed by atoms with Gasteiger partial charge >= 0.3 is 243 Å². The molecule has 38 heavy (non-hydrogen) atoms. The summed E-state index contributed by atoms with van der Waals surface area (Å²) in [5.74, 6) is 1.13. The normalized spacial score (nSPS) is 19.4. The van der Waals surface area contributed by atoms with Crippen LogP contribution in [0, 0.1) is 11.8 Å². The van der Waals surface area contributed by atoms with Crippen LogP contribution < -0.4 is 0 Å². The van der Waals surface area contributed by atoms with Crippen molar-refractivity contribution in [3.05, 3.63) is 93.7 Å². The molecule has 0 amide bonds. The second-order valence-corrected chi connectivity index (χ2v) is 31.9. The molecule has 0 bridgehead atoms. The molecule has 1 fully saturated rings. The monoisotopic (exact) mass is 636 g/mol. The molecular formula is C36H56SiSn. The van der Waals surface area contributed by atoms with Gasteiger partial charge in [0.15, 0.2) is 0 Å². The van der Waals surface area contributed by atoms with Gasteiger partial charge in [-0.3, -0.25) is 0 Å². The van der Waals surface area contributed by atoms with Gasteiger partial charge in [0.1, 0.15) is 0 Å². The molecule has 2 heteroatoms. The summed E-state index contributed by atoms with van der Waals surface area (Å²) < 4.78 is 6.32. The Hall–Kier alpha value is -1.06. The van der Waals surface area contributed by atoms with Crippen LogP contribution in [0.25, 0.3) is 0 Å². The van der Waals surface area contributed by atoms with E-state index in [9.17, 15) is 0 Å². The van der Waals surface area contributed by atoms with Gasteiger partial charge in [0.25, 0.3) is 0 Å². The fourth-order valence-corrected chi connectivity index (χ4v) is 25.6. The first-order valence-electron chi connectivity index (χ1n) is 15.6. The van der Waals surface area contributed by atoms with Crippen molar-refractivity contribution in [2.75, 3.05) is 0 Å². The minimum atomic E-state index is -2.64. The summed E-state index contributed by atoms with van der Waals surface area (Å²) >= 11 is -2.64. The molecule has 3 rings (SSSR count). The van der Waals surface area contributed by atoms with Gasteiger partial charge in [-0.05, 0) is 0 Å². The summed E-state index contributed by atoms with van der Waals surface area (Å²) in [6.45, 7) is 24.8. The Morgan fingerprint density at radius 2 is 1.11 bits per heavy atom. The summed E-state index contributed by atoms with van der Waals surface area (Å²) in [4.78, 5) is 0. The van der Waals surface area contributed by atoms with Gasteiger partial charge in [-0.1, -0.05) is 0 Å². The number of allylic oxidation sites excluding steroid dienone is 2. The zero-order chi connectivity index (χ0) is 27.8. The van der Waals surface area contributed by atoms with Crippen LogP contribution in [0.1, 0.15) is 83.3 Å². The van der Waals surface area contributed by atoms with Crippen molar-refractivity contribution in [2.45, 2.75) is 111 Å². The molecule has 1 aliphatic carbocycles. The molecule has 1 aliphatic rings. The predicted octanol–water partition coefficient (Wildman–Crippen LogP) is 11.4. The van der Waals surface area contributed by atoms with Gasteiger partial charge in [-0.2, -0.15) is 0 Å². The first-order chi connectivity index (χ1) is 18.1. The van der Waals surface area contributed by atoms with Crippen LogP contribution in [0.4, 0.5) is 0 Å². The summed E-state index contributed by atoms with van der Waals surface area (Å²) in [6, 6.07) is 22.9. The minimum absolute atomic E-state index is 0.0429. The second kappa shape index (κ2) is 14.0. The van der Waals surface area contributed by atoms with Crippen LogP contribution in [0.5, 0.6) is 0 Å². The standard InChI is InChI=1S/C24H29Si.3C4H9.Sn/c1-6-20-17-24(21-13-9-7-10-14-21,22-15-11-8-12-16-22)18-23(20)19(2)25(3,4)5;3*1-3-4-2;/h7-16,20,23H,1-2,17-18H2,3-5H3;3*1,3-4H2,2H3;/t20-,23+;;;;/m1..../s1. The molecule has 208 valence electrons. The third kappa shape index (κ3) is 6.98. The Balaban J connectivity index is 2.18. The number of unbranched alkanes of at least 4 members (excludes halogenated alkanes) is 3. The molecule has 0 spiro atoms. The van der Waals surface area contributed by atoms with E-state index in [1.54, 1.807) is 8.79 Å².